The lowest BCUT2D eigenvalue weighted by Gasteiger charge is -2.49. The lowest BCUT2D eigenvalue weighted by molar-refractivity contribution is 0.331. The van der Waals surface area contributed by atoms with Crippen molar-refractivity contribution in [3.8, 4) is 11.1 Å². The molecule has 3 nitrogen and oxygen atoms in total. The number of furan rings is 1. The van der Waals surface area contributed by atoms with Gasteiger partial charge >= 0.3 is 0 Å². The molecule has 1 radical (unpaired) electrons. The molecule has 1 aromatic heterocycles. The van der Waals surface area contributed by atoms with Crippen LogP contribution in [0.25, 0.3) is 33.1 Å². The number of fused-ring (bicyclic) bond motifs is 9. The van der Waals surface area contributed by atoms with Gasteiger partial charge in [-0.2, -0.15) is 0 Å². The molecule has 0 atom stereocenters. The normalized spacial score (nSPS) is 19.5. The van der Waals surface area contributed by atoms with E-state index in [0.717, 1.165) is 51.7 Å². The highest BCUT2D eigenvalue weighted by atomic mass is 16.3. The van der Waals surface area contributed by atoms with E-state index in [1.54, 1.807) is 0 Å². The Labute approximate surface area is 351 Å². The van der Waals surface area contributed by atoms with Gasteiger partial charge in [0.25, 0.3) is 0 Å². The highest BCUT2D eigenvalue weighted by Gasteiger charge is 2.46. The Bertz CT molecular complexity index is 2920. The van der Waals surface area contributed by atoms with Crippen LogP contribution in [0.1, 0.15) is 128 Å². The third kappa shape index (κ3) is 5.20. The summed E-state index contributed by atoms with van der Waals surface area (Å²) in [5, 5.41) is 6.26. The third-order valence-electron chi connectivity index (χ3n) is 15.4. The van der Waals surface area contributed by atoms with Crippen molar-refractivity contribution < 1.29 is 4.42 Å². The van der Waals surface area contributed by atoms with E-state index in [1.807, 2.05) is 0 Å². The van der Waals surface area contributed by atoms with Gasteiger partial charge in [-0.25, -0.2) is 0 Å². The van der Waals surface area contributed by atoms with Crippen LogP contribution < -0.4 is 21.1 Å². The van der Waals surface area contributed by atoms with Gasteiger partial charge in [0.05, 0.1) is 5.69 Å². The second-order valence-corrected chi connectivity index (χ2v) is 21.4. The summed E-state index contributed by atoms with van der Waals surface area (Å²) in [6.07, 6.45) is 4.67. The molecule has 0 saturated carbocycles. The van der Waals surface area contributed by atoms with Crippen molar-refractivity contribution in [3.05, 3.63) is 137 Å². The molecule has 0 amide bonds. The molecule has 0 unspecified atom stereocenters. The van der Waals surface area contributed by atoms with E-state index in [1.165, 1.54) is 79.8 Å². The van der Waals surface area contributed by atoms with Crippen LogP contribution in [0.15, 0.2) is 108 Å². The predicted octanol–water partition coefficient (Wildman–Crippen LogP) is 13.8. The zero-order chi connectivity index (χ0) is 41.0. The van der Waals surface area contributed by atoms with Gasteiger partial charge < -0.3 is 14.6 Å². The van der Waals surface area contributed by atoms with Gasteiger partial charge in [0.1, 0.15) is 11.2 Å². The Kier molecular flexibility index (Phi) is 7.47. The molecule has 2 aliphatic heterocycles. The second kappa shape index (κ2) is 12.0. The maximum absolute atomic E-state index is 7.10. The van der Waals surface area contributed by atoms with Crippen LogP contribution >= 0.6 is 0 Å². The molecule has 59 heavy (non-hydrogen) atoms. The Morgan fingerprint density at radius 3 is 1.85 bits per heavy atom. The molecule has 1 N–H and O–H groups in total. The maximum Gasteiger partial charge on any atom is 0.198 e. The maximum atomic E-state index is 7.10. The zero-order valence-electron chi connectivity index (χ0n) is 36.6. The highest BCUT2D eigenvalue weighted by molar-refractivity contribution is 6.74. The molecule has 4 heteroatoms. The van der Waals surface area contributed by atoms with Gasteiger partial charge in [0.2, 0.25) is 0 Å². The number of rotatable bonds is 3. The van der Waals surface area contributed by atoms with Crippen molar-refractivity contribution in [2.24, 2.45) is 0 Å². The van der Waals surface area contributed by atoms with Crippen LogP contribution in [0.2, 0.25) is 0 Å². The van der Waals surface area contributed by atoms with E-state index in [0.29, 0.717) is 0 Å². The van der Waals surface area contributed by atoms with Crippen molar-refractivity contribution >= 4 is 68.6 Å². The Morgan fingerprint density at radius 1 is 0.542 bits per heavy atom. The van der Waals surface area contributed by atoms with Crippen molar-refractivity contribution in [2.75, 3.05) is 10.2 Å². The summed E-state index contributed by atoms with van der Waals surface area (Å²) in [6.45, 7) is 24.4. The van der Waals surface area contributed by atoms with Gasteiger partial charge in [-0.05, 0) is 129 Å². The molecule has 11 rings (SSSR count). The molecule has 0 spiro atoms. The molecule has 0 fully saturated rings. The predicted molar refractivity (Wildman–Crippen MR) is 251 cm³/mol. The smallest absolute Gasteiger partial charge is 0.198 e. The van der Waals surface area contributed by atoms with Crippen molar-refractivity contribution in [3.63, 3.8) is 0 Å². The third-order valence-corrected chi connectivity index (χ3v) is 15.4. The topological polar surface area (TPSA) is 28.4 Å². The van der Waals surface area contributed by atoms with E-state index >= 15 is 0 Å². The van der Waals surface area contributed by atoms with E-state index in [-0.39, 0.29) is 27.1 Å². The Balaban J connectivity index is 1.28. The molecule has 0 saturated heterocycles. The van der Waals surface area contributed by atoms with E-state index < -0.39 is 0 Å². The first kappa shape index (κ1) is 36.8. The first-order valence-electron chi connectivity index (χ1n) is 21.9. The summed E-state index contributed by atoms with van der Waals surface area (Å²) < 4.78 is 7.10. The number of para-hydroxylation sites is 3. The molecule has 2 aliphatic carbocycles. The minimum atomic E-state index is -0.186. The molecular weight excluding hydrogens is 715 g/mol. The fourth-order valence-electron chi connectivity index (χ4n) is 11.4. The Hall–Kier alpha value is -5.22. The van der Waals surface area contributed by atoms with Crippen LogP contribution in [0.5, 0.6) is 0 Å². The van der Waals surface area contributed by atoms with Gasteiger partial charge in [-0.3, -0.25) is 0 Å². The number of hydrogen-bond acceptors (Lipinski definition) is 3. The lowest BCUT2D eigenvalue weighted by atomic mass is 9.55. The van der Waals surface area contributed by atoms with E-state index in [2.05, 4.69) is 190 Å². The number of nitrogens with one attached hydrogen (secondary N) is 1. The highest BCUT2D eigenvalue weighted by Crippen LogP contribution is 2.58. The van der Waals surface area contributed by atoms with E-state index in [9.17, 15) is 0 Å². The first-order valence-corrected chi connectivity index (χ1v) is 21.9. The molecule has 3 heterocycles. The molecule has 7 aromatic rings. The number of benzene rings is 6. The summed E-state index contributed by atoms with van der Waals surface area (Å²) in [7, 11) is 2.47. The standard InChI is InChI=1S/C55H56BN2O/c1-51(2)23-25-53(5,6)39-30-43(57-32-17-12-11-13-18-32)35(27-37(39)51)47-48-45(28-34-33-19-14-15-22-46(33)59-50(34)47)58-44-31-40-38(52(3,4)24-26-54(40,7)8)29-41(44)55(9,10)36-20-16-21-42(56-48)49(36)58/h11-22,27-31,57H,23-26H2,1-10H3. The van der Waals surface area contributed by atoms with Gasteiger partial charge in [0.15, 0.2) is 7.28 Å². The lowest BCUT2D eigenvalue weighted by Crippen LogP contribution is -2.46. The number of anilines is 5. The minimum Gasteiger partial charge on any atom is -0.455 e. The summed E-state index contributed by atoms with van der Waals surface area (Å²) >= 11 is 0. The average Bonchev–Trinajstić information content (AvgIpc) is 3.57. The summed E-state index contributed by atoms with van der Waals surface area (Å²) in [4.78, 5) is 2.65. The SMILES string of the molecule is CC1(C)CCC(C)(C)c2cc(-c3c4c(cc5c3oc3ccccc35)N3c5cc6c(cc5C(C)(C)c5cccc(c53)[B]4)C(C)(C)CCC6(C)C)c(Nc3ccccc3)cc21. The van der Waals surface area contributed by atoms with Gasteiger partial charge in [0, 0.05) is 50.1 Å². The molecule has 4 aliphatic rings. The van der Waals surface area contributed by atoms with Crippen LogP contribution in [0.4, 0.5) is 28.4 Å². The zero-order valence-corrected chi connectivity index (χ0v) is 36.6. The fraction of sp³-hybridized carbons (Fsp3) is 0.345. The second-order valence-electron chi connectivity index (χ2n) is 21.4. The van der Waals surface area contributed by atoms with Crippen LogP contribution in [0.3, 0.4) is 0 Å². The molecular formula is C55H56BN2O. The fourth-order valence-corrected chi connectivity index (χ4v) is 11.4. The van der Waals surface area contributed by atoms with Crippen molar-refractivity contribution in [1.29, 1.82) is 0 Å². The number of hydrogen-bond donors (Lipinski definition) is 1. The van der Waals surface area contributed by atoms with Crippen LogP contribution in [0, 0.1) is 0 Å². The van der Waals surface area contributed by atoms with Crippen LogP contribution in [-0.2, 0) is 27.1 Å². The average molecular weight is 772 g/mol. The number of nitrogens with zero attached hydrogens (tertiary/aromatic N) is 1. The molecule has 6 aromatic carbocycles. The van der Waals surface area contributed by atoms with Crippen molar-refractivity contribution in [2.45, 2.75) is 122 Å². The van der Waals surface area contributed by atoms with E-state index in [4.69, 9.17) is 4.42 Å². The van der Waals surface area contributed by atoms with Gasteiger partial charge in [-0.1, -0.05) is 135 Å². The summed E-state index contributed by atoms with van der Waals surface area (Å²) in [5.41, 5.74) is 21.4. The molecule has 295 valence electrons. The Morgan fingerprint density at radius 2 is 1.15 bits per heavy atom. The molecule has 0 bridgehead atoms. The largest absolute Gasteiger partial charge is 0.455 e. The van der Waals surface area contributed by atoms with Crippen LogP contribution in [-0.4, -0.2) is 7.28 Å². The summed E-state index contributed by atoms with van der Waals surface area (Å²) in [5.74, 6) is 0. The quantitative estimate of drug-likeness (QED) is 0.181. The first-order chi connectivity index (χ1) is 28.0. The monoisotopic (exact) mass is 771 g/mol. The minimum absolute atomic E-state index is 0.0228. The van der Waals surface area contributed by atoms with Gasteiger partial charge in [-0.15, -0.1) is 0 Å². The van der Waals surface area contributed by atoms with Crippen molar-refractivity contribution in [1.82, 2.24) is 0 Å². The summed E-state index contributed by atoms with van der Waals surface area (Å²) in [6, 6.07) is 39.0.